The van der Waals surface area contributed by atoms with Crippen molar-refractivity contribution < 1.29 is 0 Å². The van der Waals surface area contributed by atoms with Gasteiger partial charge >= 0.3 is 0 Å². The van der Waals surface area contributed by atoms with E-state index in [0.29, 0.717) is 0 Å². The Morgan fingerprint density at radius 2 is 1.93 bits per heavy atom. The molecule has 2 heteroatoms. The van der Waals surface area contributed by atoms with Crippen LogP contribution >= 0.6 is 22.9 Å². The van der Waals surface area contributed by atoms with Gasteiger partial charge in [0.05, 0.1) is 4.34 Å². The fraction of sp³-hybridized carbons (Fsp3) is 0.333. The Hall–Kier alpha value is -0.530. The molecule has 1 aromatic carbocycles. The third-order valence-corrected chi connectivity index (χ3v) is 3.87. The topological polar surface area (TPSA) is 0 Å². The summed E-state index contributed by atoms with van der Waals surface area (Å²) in [6.07, 6.45) is 2.18. The zero-order chi connectivity index (χ0) is 10.1. The van der Waals surface area contributed by atoms with Gasteiger partial charge in [0.1, 0.15) is 0 Å². The van der Waals surface area contributed by atoms with Crippen molar-refractivity contribution in [3.63, 3.8) is 0 Å². The van der Waals surface area contributed by atoms with E-state index in [1.807, 2.05) is 0 Å². The minimum absolute atomic E-state index is 0.892. The molecule has 0 saturated heterocycles. The van der Waals surface area contributed by atoms with Crippen LogP contribution in [0.25, 0.3) is 10.1 Å². The molecule has 0 saturated carbocycles. The Morgan fingerprint density at radius 3 is 2.57 bits per heavy atom. The van der Waals surface area contributed by atoms with E-state index >= 15 is 0 Å². The van der Waals surface area contributed by atoms with E-state index in [-0.39, 0.29) is 0 Å². The van der Waals surface area contributed by atoms with Crippen LogP contribution in [0.15, 0.2) is 18.2 Å². The van der Waals surface area contributed by atoms with E-state index in [4.69, 9.17) is 11.6 Å². The molecule has 2 aromatic rings. The molecule has 0 amide bonds. The maximum atomic E-state index is 6.03. The van der Waals surface area contributed by atoms with Gasteiger partial charge in [-0.15, -0.1) is 11.3 Å². The summed E-state index contributed by atoms with van der Waals surface area (Å²) in [4.78, 5) is 0. The van der Waals surface area contributed by atoms with Gasteiger partial charge in [-0.2, -0.15) is 0 Å². The minimum atomic E-state index is 0.892. The lowest BCUT2D eigenvalue weighted by Crippen LogP contribution is -1.85. The highest BCUT2D eigenvalue weighted by molar-refractivity contribution is 7.22. The van der Waals surface area contributed by atoms with Crippen molar-refractivity contribution in [1.29, 1.82) is 0 Å². The molecule has 0 aliphatic rings. The molecular weight excluding hydrogens is 212 g/mol. The maximum Gasteiger partial charge on any atom is 0.0940 e. The Labute approximate surface area is 93.5 Å². The fourth-order valence-corrected chi connectivity index (χ4v) is 3.03. The van der Waals surface area contributed by atoms with Gasteiger partial charge in [0.2, 0.25) is 0 Å². The predicted octanol–water partition coefficient (Wildman–Crippen LogP) is 4.68. The molecular formula is C12H13ClS. The Bertz CT molecular complexity index is 457. The molecule has 1 aromatic heterocycles. The van der Waals surface area contributed by atoms with Crippen LogP contribution in [0.3, 0.4) is 0 Å². The van der Waals surface area contributed by atoms with Crippen LogP contribution in [0.1, 0.15) is 25.0 Å². The van der Waals surface area contributed by atoms with E-state index < -0.39 is 0 Å². The first-order chi connectivity index (χ1) is 6.74. The fourth-order valence-electron chi connectivity index (χ4n) is 1.73. The second-order valence-corrected chi connectivity index (χ2v) is 5.11. The van der Waals surface area contributed by atoms with E-state index in [1.54, 1.807) is 11.3 Å². The Kier molecular flexibility index (Phi) is 2.80. The molecule has 0 bridgehead atoms. The molecule has 0 atom stereocenters. The quantitative estimate of drug-likeness (QED) is 0.695. The van der Waals surface area contributed by atoms with E-state index in [9.17, 15) is 0 Å². The lowest BCUT2D eigenvalue weighted by molar-refractivity contribution is 1.11. The van der Waals surface area contributed by atoms with Crippen LogP contribution in [-0.2, 0) is 12.8 Å². The summed E-state index contributed by atoms with van der Waals surface area (Å²) in [7, 11) is 0. The minimum Gasteiger partial charge on any atom is -0.123 e. The number of aryl methyl sites for hydroxylation is 2. The van der Waals surface area contributed by atoms with Crippen molar-refractivity contribution in [1.82, 2.24) is 0 Å². The highest BCUT2D eigenvalue weighted by Gasteiger charge is 2.05. The molecule has 0 fully saturated rings. The molecule has 0 nitrogen and oxygen atoms in total. The number of thiophene rings is 1. The van der Waals surface area contributed by atoms with Crippen LogP contribution < -0.4 is 0 Å². The number of rotatable bonds is 2. The van der Waals surface area contributed by atoms with Crippen molar-refractivity contribution in [2.24, 2.45) is 0 Å². The van der Waals surface area contributed by atoms with Crippen LogP contribution in [-0.4, -0.2) is 0 Å². The molecule has 0 aliphatic heterocycles. The summed E-state index contributed by atoms with van der Waals surface area (Å²) < 4.78 is 2.25. The van der Waals surface area contributed by atoms with Gasteiger partial charge in [-0.3, -0.25) is 0 Å². The summed E-state index contributed by atoms with van der Waals surface area (Å²) in [6, 6.07) is 6.62. The highest BCUT2D eigenvalue weighted by Crippen LogP contribution is 2.33. The van der Waals surface area contributed by atoms with Gasteiger partial charge in [-0.05, 0) is 35.4 Å². The number of halogens is 1. The first-order valence-electron chi connectivity index (χ1n) is 4.95. The highest BCUT2D eigenvalue weighted by atomic mass is 35.5. The van der Waals surface area contributed by atoms with Gasteiger partial charge in [0.25, 0.3) is 0 Å². The Morgan fingerprint density at radius 1 is 1.14 bits per heavy atom. The van der Waals surface area contributed by atoms with Crippen LogP contribution in [0.5, 0.6) is 0 Å². The lowest BCUT2D eigenvalue weighted by Gasteiger charge is -2.03. The van der Waals surface area contributed by atoms with Crippen molar-refractivity contribution in [3.8, 4) is 0 Å². The number of hydrogen-bond donors (Lipinski definition) is 0. The first-order valence-corrected chi connectivity index (χ1v) is 6.15. The molecule has 14 heavy (non-hydrogen) atoms. The van der Waals surface area contributed by atoms with E-state index in [2.05, 4.69) is 32.0 Å². The van der Waals surface area contributed by atoms with Gasteiger partial charge in [0, 0.05) is 4.70 Å². The van der Waals surface area contributed by atoms with Crippen molar-refractivity contribution in [2.45, 2.75) is 26.7 Å². The van der Waals surface area contributed by atoms with E-state index in [1.165, 1.54) is 21.2 Å². The summed E-state index contributed by atoms with van der Waals surface area (Å²) in [6.45, 7) is 4.39. The van der Waals surface area contributed by atoms with Crippen LogP contribution in [0.2, 0.25) is 4.34 Å². The zero-order valence-corrected chi connectivity index (χ0v) is 10.0. The van der Waals surface area contributed by atoms with Gasteiger partial charge < -0.3 is 0 Å². The molecule has 0 spiro atoms. The average molecular weight is 225 g/mol. The van der Waals surface area contributed by atoms with Crippen molar-refractivity contribution >= 4 is 33.0 Å². The second kappa shape index (κ2) is 3.92. The number of hydrogen-bond acceptors (Lipinski definition) is 1. The normalized spacial score (nSPS) is 11.1. The van der Waals surface area contributed by atoms with Gasteiger partial charge in [-0.25, -0.2) is 0 Å². The summed E-state index contributed by atoms with van der Waals surface area (Å²) in [5.41, 5.74) is 2.83. The summed E-state index contributed by atoms with van der Waals surface area (Å²) in [5.74, 6) is 0. The monoisotopic (exact) mass is 224 g/mol. The standard InChI is InChI=1S/C12H13ClS/c1-3-8-5-9(4-2)12-10(6-8)7-11(13)14-12/h5-7H,3-4H2,1-2H3. The molecule has 0 unspecified atom stereocenters. The van der Waals surface area contributed by atoms with E-state index in [0.717, 1.165) is 17.2 Å². The third-order valence-electron chi connectivity index (χ3n) is 2.51. The zero-order valence-electron chi connectivity index (χ0n) is 8.43. The van der Waals surface area contributed by atoms with Crippen LogP contribution in [0, 0.1) is 0 Å². The predicted molar refractivity (Wildman–Crippen MR) is 65.6 cm³/mol. The lowest BCUT2D eigenvalue weighted by atomic mass is 10.0. The molecule has 0 aliphatic carbocycles. The number of fused-ring (bicyclic) bond motifs is 1. The molecule has 2 rings (SSSR count). The van der Waals surface area contributed by atoms with Crippen molar-refractivity contribution in [2.75, 3.05) is 0 Å². The smallest absolute Gasteiger partial charge is 0.0940 e. The second-order valence-electron chi connectivity index (χ2n) is 3.43. The summed E-state index contributed by atoms with van der Waals surface area (Å²) in [5, 5.41) is 1.30. The molecule has 0 N–H and O–H groups in total. The third kappa shape index (κ3) is 1.67. The maximum absolute atomic E-state index is 6.03. The molecule has 74 valence electrons. The van der Waals surface area contributed by atoms with Crippen molar-refractivity contribution in [3.05, 3.63) is 33.7 Å². The molecule has 1 heterocycles. The average Bonchev–Trinajstić information content (AvgIpc) is 2.56. The Balaban J connectivity index is 2.72. The van der Waals surface area contributed by atoms with Gasteiger partial charge in [-0.1, -0.05) is 37.6 Å². The largest absolute Gasteiger partial charge is 0.123 e. The first kappa shape index (κ1) is 10.0. The van der Waals surface area contributed by atoms with Crippen LogP contribution in [0.4, 0.5) is 0 Å². The summed E-state index contributed by atoms with van der Waals surface area (Å²) >= 11 is 7.71. The SMILES string of the molecule is CCc1cc(CC)c2sc(Cl)cc2c1. The number of benzene rings is 1. The molecule has 0 radical (unpaired) electrons. The van der Waals surface area contributed by atoms with Gasteiger partial charge in [0.15, 0.2) is 0 Å².